The summed E-state index contributed by atoms with van der Waals surface area (Å²) in [7, 11) is 0. The number of thioether (sulfide) groups is 1. The van der Waals surface area contributed by atoms with Gasteiger partial charge in [0.2, 0.25) is 0 Å². The smallest absolute Gasteiger partial charge is 0.339 e. The summed E-state index contributed by atoms with van der Waals surface area (Å²) in [6, 6.07) is 17.7. The summed E-state index contributed by atoms with van der Waals surface area (Å²) in [5.74, 6) is -0.238. The maximum absolute atomic E-state index is 12.2. The van der Waals surface area contributed by atoms with Crippen LogP contribution in [0.2, 0.25) is 0 Å². The molecule has 0 N–H and O–H groups in total. The zero-order valence-electron chi connectivity index (χ0n) is 13.8. The van der Waals surface area contributed by atoms with Crippen molar-refractivity contribution in [3.05, 3.63) is 71.3 Å². The minimum atomic E-state index is -0.238. The van der Waals surface area contributed by atoms with Gasteiger partial charge in [0.1, 0.15) is 5.44 Å². The summed E-state index contributed by atoms with van der Waals surface area (Å²) in [6.45, 7) is 3.33. The molecule has 1 unspecified atom stereocenters. The molecule has 1 aliphatic heterocycles. The molecule has 2 aromatic carbocycles. The summed E-state index contributed by atoms with van der Waals surface area (Å²) in [5.41, 5.74) is 2.87. The van der Waals surface area contributed by atoms with Gasteiger partial charge >= 0.3 is 5.97 Å². The van der Waals surface area contributed by atoms with E-state index in [4.69, 9.17) is 9.47 Å². The van der Waals surface area contributed by atoms with Gasteiger partial charge in [-0.15, -0.1) is 11.8 Å². The van der Waals surface area contributed by atoms with Crippen LogP contribution in [0.4, 0.5) is 0 Å². The molecule has 126 valence electrons. The van der Waals surface area contributed by atoms with E-state index in [0.717, 1.165) is 18.4 Å². The molecule has 0 aromatic heterocycles. The predicted molar refractivity (Wildman–Crippen MR) is 97.1 cm³/mol. The number of carbonyl (C=O) groups is 1. The van der Waals surface area contributed by atoms with Crippen molar-refractivity contribution in [3.8, 4) is 0 Å². The molecule has 1 aliphatic rings. The van der Waals surface area contributed by atoms with Gasteiger partial charge in [0.05, 0.1) is 18.8 Å². The lowest BCUT2D eigenvalue weighted by Gasteiger charge is -2.13. The molecular formula is C20H22O3S. The molecule has 3 rings (SSSR count). The number of aryl methyl sites for hydroxylation is 1. The van der Waals surface area contributed by atoms with Gasteiger partial charge in [-0.3, -0.25) is 0 Å². The highest BCUT2D eigenvalue weighted by atomic mass is 32.2. The standard InChI is InChI=1S/C20H22O3S/c1-15-7-9-17(10-8-15)20(21)23-19-12-11-18(24-19)14-22-13-16-5-3-2-4-6-16/h2-10,18-19H,11-14H2,1H3/t18-,19?/m0/s1. The Balaban J connectivity index is 1.40. The van der Waals surface area contributed by atoms with E-state index >= 15 is 0 Å². The van der Waals surface area contributed by atoms with Gasteiger partial charge in [0, 0.05) is 5.25 Å². The maximum Gasteiger partial charge on any atom is 0.339 e. The second kappa shape index (κ2) is 8.36. The molecule has 0 aliphatic carbocycles. The fourth-order valence-corrected chi connectivity index (χ4v) is 3.93. The van der Waals surface area contributed by atoms with Crippen molar-refractivity contribution in [2.45, 2.75) is 37.1 Å². The molecule has 0 spiro atoms. The molecule has 2 atom stereocenters. The van der Waals surface area contributed by atoms with E-state index < -0.39 is 0 Å². The Kier molecular flexibility index (Phi) is 5.94. The Morgan fingerprint density at radius 2 is 1.83 bits per heavy atom. The minimum absolute atomic E-state index is 0.0656. The Bertz CT molecular complexity index is 654. The number of rotatable bonds is 6. The summed E-state index contributed by atoms with van der Waals surface area (Å²) < 4.78 is 11.4. The van der Waals surface area contributed by atoms with Gasteiger partial charge in [-0.1, -0.05) is 48.0 Å². The first kappa shape index (κ1) is 17.1. The minimum Gasteiger partial charge on any atom is -0.448 e. The lowest BCUT2D eigenvalue weighted by atomic mass is 10.1. The summed E-state index contributed by atoms with van der Waals surface area (Å²) in [5, 5.41) is 0.393. The van der Waals surface area contributed by atoms with Gasteiger partial charge in [0.25, 0.3) is 0 Å². The van der Waals surface area contributed by atoms with Crippen LogP contribution < -0.4 is 0 Å². The molecule has 0 amide bonds. The molecule has 1 heterocycles. The van der Waals surface area contributed by atoms with Crippen molar-refractivity contribution >= 4 is 17.7 Å². The topological polar surface area (TPSA) is 35.5 Å². The van der Waals surface area contributed by atoms with Crippen molar-refractivity contribution < 1.29 is 14.3 Å². The number of hydrogen-bond donors (Lipinski definition) is 0. The number of hydrogen-bond acceptors (Lipinski definition) is 4. The fraction of sp³-hybridized carbons (Fsp3) is 0.350. The highest BCUT2D eigenvalue weighted by Gasteiger charge is 2.28. The normalized spacial score (nSPS) is 20.0. The van der Waals surface area contributed by atoms with Crippen LogP contribution in [0.15, 0.2) is 54.6 Å². The first-order chi connectivity index (χ1) is 11.7. The van der Waals surface area contributed by atoms with E-state index in [9.17, 15) is 4.79 Å². The second-order valence-corrected chi connectivity index (χ2v) is 7.50. The molecular weight excluding hydrogens is 320 g/mol. The van der Waals surface area contributed by atoms with Crippen LogP contribution in [-0.4, -0.2) is 23.3 Å². The fourth-order valence-electron chi connectivity index (χ4n) is 2.64. The van der Waals surface area contributed by atoms with Crippen LogP contribution >= 0.6 is 11.8 Å². The lowest BCUT2D eigenvalue weighted by Crippen LogP contribution is -2.13. The average molecular weight is 342 g/mol. The molecule has 1 saturated heterocycles. The third-order valence-electron chi connectivity index (χ3n) is 4.01. The zero-order valence-corrected chi connectivity index (χ0v) is 14.6. The number of ether oxygens (including phenoxy) is 2. The highest BCUT2D eigenvalue weighted by Crippen LogP contribution is 2.35. The van der Waals surface area contributed by atoms with Crippen molar-refractivity contribution in [2.75, 3.05) is 6.61 Å². The van der Waals surface area contributed by atoms with Crippen LogP contribution in [0.5, 0.6) is 0 Å². The number of benzene rings is 2. The largest absolute Gasteiger partial charge is 0.448 e. The van der Waals surface area contributed by atoms with Gasteiger partial charge in [-0.05, 0) is 37.5 Å². The molecule has 24 heavy (non-hydrogen) atoms. The molecule has 1 fully saturated rings. The van der Waals surface area contributed by atoms with Gasteiger partial charge in [-0.25, -0.2) is 4.79 Å². The van der Waals surface area contributed by atoms with Crippen molar-refractivity contribution in [1.82, 2.24) is 0 Å². The molecule has 0 radical (unpaired) electrons. The Morgan fingerprint density at radius 1 is 1.08 bits per heavy atom. The first-order valence-electron chi connectivity index (χ1n) is 8.25. The van der Waals surface area contributed by atoms with E-state index in [1.165, 1.54) is 5.56 Å². The Labute approximate surface area is 147 Å². The third-order valence-corrected chi connectivity index (χ3v) is 5.40. The van der Waals surface area contributed by atoms with E-state index in [1.54, 1.807) is 11.8 Å². The van der Waals surface area contributed by atoms with Crippen LogP contribution in [0.25, 0.3) is 0 Å². The SMILES string of the molecule is Cc1ccc(C(=O)OC2CC[C@@H](COCc3ccccc3)S2)cc1. The van der Waals surface area contributed by atoms with Crippen molar-refractivity contribution in [1.29, 1.82) is 0 Å². The molecule has 2 aromatic rings. The van der Waals surface area contributed by atoms with Crippen LogP contribution in [0.1, 0.15) is 34.3 Å². The molecule has 3 nitrogen and oxygen atoms in total. The van der Waals surface area contributed by atoms with E-state index in [0.29, 0.717) is 24.0 Å². The lowest BCUT2D eigenvalue weighted by molar-refractivity contribution is 0.0456. The molecule has 0 saturated carbocycles. The van der Waals surface area contributed by atoms with Crippen molar-refractivity contribution in [3.63, 3.8) is 0 Å². The van der Waals surface area contributed by atoms with Gasteiger partial charge in [0.15, 0.2) is 0 Å². The van der Waals surface area contributed by atoms with E-state index in [1.807, 2.05) is 49.4 Å². The first-order valence-corrected chi connectivity index (χ1v) is 9.20. The van der Waals surface area contributed by atoms with Gasteiger partial charge < -0.3 is 9.47 Å². The molecule has 4 heteroatoms. The number of carbonyl (C=O) groups excluding carboxylic acids is 1. The maximum atomic E-state index is 12.2. The average Bonchev–Trinajstić information content (AvgIpc) is 3.04. The summed E-state index contributed by atoms with van der Waals surface area (Å²) >= 11 is 1.70. The monoisotopic (exact) mass is 342 g/mol. The Hall–Kier alpha value is -1.78. The second-order valence-electron chi connectivity index (χ2n) is 6.04. The van der Waals surface area contributed by atoms with Crippen LogP contribution in [0.3, 0.4) is 0 Å². The number of esters is 1. The summed E-state index contributed by atoms with van der Waals surface area (Å²) in [6.07, 6.45) is 1.91. The van der Waals surface area contributed by atoms with Gasteiger partial charge in [-0.2, -0.15) is 0 Å². The quantitative estimate of drug-likeness (QED) is 0.719. The summed E-state index contributed by atoms with van der Waals surface area (Å²) in [4.78, 5) is 12.2. The molecule has 0 bridgehead atoms. The third kappa shape index (κ3) is 4.86. The van der Waals surface area contributed by atoms with Crippen molar-refractivity contribution in [2.24, 2.45) is 0 Å². The zero-order chi connectivity index (χ0) is 16.8. The van der Waals surface area contributed by atoms with Crippen LogP contribution in [0, 0.1) is 6.92 Å². The highest BCUT2D eigenvalue weighted by molar-refractivity contribution is 8.00. The van der Waals surface area contributed by atoms with E-state index in [2.05, 4.69) is 12.1 Å². The Morgan fingerprint density at radius 3 is 2.58 bits per heavy atom. The van der Waals surface area contributed by atoms with E-state index in [-0.39, 0.29) is 11.4 Å². The van der Waals surface area contributed by atoms with Crippen LogP contribution in [-0.2, 0) is 16.1 Å². The predicted octanol–water partition coefficient (Wildman–Crippen LogP) is 4.59.